The molecule has 2 atom stereocenters. The molecule has 0 aliphatic carbocycles. The van der Waals surface area contributed by atoms with Crippen LogP contribution in [0.1, 0.15) is 168 Å². The highest BCUT2D eigenvalue weighted by Crippen LogP contribution is 2.42. The second-order valence-electron chi connectivity index (χ2n) is 14.6. The highest BCUT2D eigenvalue weighted by Gasteiger charge is 2.23. The molecule has 0 aliphatic heterocycles. The number of amides is 1. The lowest BCUT2D eigenvalue weighted by Crippen LogP contribution is -2.27. The normalized spacial score (nSPS) is 14.2. The quantitative estimate of drug-likeness (QED) is 0.0240. The van der Waals surface area contributed by atoms with Gasteiger partial charge in [-0.15, -0.1) is 0 Å². The van der Waals surface area contributed by atoms with Gasteiger partial charge in [-0.25, -0.2) is 4.57 Å². The Morgan fingerprint density at radius 3 is 1.46 bits per heavy atom. The SMILES string of the molecule is CC/C=C\C/C=C\C/C=C\C/C=C\C/C=C\C/C=C\CCCCCCC(=O)OCC(O)COP(=O)(O)OCCNC(=O)CCCCCCC/C=C\C/C=C\CCCCC. The highest BCUT2D eigenvalue weighted by molar-refractivity contribution is 7.47. The van der Waals surface area contributed by atoms with Crippen LogP contribution in [0.15, 0.2) is 97.2 Å². The molecule has 0 rings (SSSR count). The fourth-order valence-corrected chi connectivity index (χ4v) is 6.35. The summed E-state index contributed by atoms with van der Waals surface area (Å²) in [4.78, 5) is 33.9. The number of phosphoric ester groups is 1. The van der Waals surface area contributed by atoms with Crippen LogP contribution < -0.4 is 5.32 Å². The van der Waals surface area contributed by atoms with Gasteiger partial charge in [-0.3, -0.25) is 18.6 Å². The number of carbonyl (C=O) groups excluding carboxylic acids is 2. The Kier molecular flexibility index (Phi) is 42.2. The van der Waals surface area contributed by atoms with Crippen LogP contribution in [0.25, 0.3) is 0 Å². The summed E-state index contributed by atoms with van der Waals surface area (Å²) in [6.45, 7) is 3.35. The van der Waals surface area contributed by atoms with Crippen molar-refractivity contribution in [2.45, 2.75) is 174 Å². The standard InChI is InChI=1S/C49H82NO8P/c1-3-5-7-9-11-13-15-17-19-20-21-22-23-24-25-26-28-30-32-34-36-38-40-42-49(53)56-45-47(51)46-58-59(54,55)57-44-43-50-48(52)41-39-37-35-33-31-29-27-18-16-14-12-10-8-6-4-2/h5,7,11-14,17-19,21-22,24-25,27-28,30,47,51H,3-4,6,8-10,15-16,20,23,26,29,31-46H2,1-2H3,(H,50,52)(H,54,55)/b7-5-,13-11-,14-12-,19-17-,22-21-,25-24-,27-18-,30-28-. The topological polar surface area (TPSA) is 131 Å². The predicted octanol–water partition coefficient (Wildman–Crippen LogP) is 13.0. The average molecular weight is 844 g/mol. The maximum absolute atomic E-state index is 12.1. The minimum atomic E-state index is -4.43. The molecule has 9 nitrogen and oxygen atoms in total. The van der Waals surface area contributed by atoms with Crippen molar-refractivity contribution in [2.75, 3.05) is 26.4 Å². The van der Waals surface area contributed by atoms with Crippen molar-refractivity contribution < 1.29 is 37.9 Å². The predicted molar refractivity (Wildman–Crippen MR) is 247 cm³/mol. The number of unbranched alkanes of at least 4 members (excludes halogenated alkanes) is 12. The summed E-state index contributed by atoms with van der Waals surface area (Å²) in [5.41, 5.74) is 0. The summed E-state index contributed by atoms with van der Waals surface area (Å²) in [6.07, 6.45) is 57.6. The van der Waals surface area contributed by atoms with Crippen molar-refractivity contribution in [3.63, 3.8) is 0 Å². The number of aliphatic hydroxyl groups excluding tert-OH is 1. The van der Waals surface area contributed by atoms with Crippen LogP contribution in [-0.2, 0) is 27.9 Å². The van der Waals surface area contributed by atoms with Crippen LogP contribution in [0, 0.1) is 0 Å². The van der Waals surface area contributed by atoms with E-state index in [-0.39, 0.29) is 32.1 Å². The van der Waals surface area contributed by atoms with E-state index in [0.29, 0.717) is 12.8 Å². The molecule has 0 fully saturated rings. The molecule has 0 aromatic heterocycles. The molecule has 0 aliphatic rings. The molecule has 0 spiro atoms. The second kappa shape index (κ2) is 44.5. The monoisotopic (exact) mass is 844 g/mol. The van der Waals surface area contributed by atoms with Crippen molar-refractivity contribution >= 4 is 19.7 Å². The molecule has 10 heteroatoms. The summed E-state index contributed by atoms with van der Waals surface area (Å²) in [7, 11) is -4.43. The summed E-state index contributed by atoms with van der Waals surface area (Å²) < 4.78 is 26.9. The van der Waals surface area contributed by atoms with Crippen molar-refractivity contribution in [2.24, 2.45) is 0 Å². The number of rotatable bonds is 41. The van der Waals surface area contributed by atoms with Gasteiger partial charge in [0.2, 0.25) is 5.91 Å². The van der Waals surface area contributed by atoms with Gasteiger partial charge in [0.1, 0.15) is 12.7 Å². The Morgan fingerprint density at radius 1 is 0.542 bits per heavy atom. The van der Waals surface area contributed by atoms with Gasteiger partial charge in [-0.1, -0.05) is 156 Å². The van der Waals surface area contributed by atoms with Gasteiger partial charge in [0.25, 0.3) is 0 Å². The first-order chi connectivity index (χ1) is 28.8. The molecule has 2 unspecified atom stereocenters. The van der Waals surface area contributed by atoms with Gasteiger partial charge in [-0.05, 0) is 96.3 Å². The zero-order valence-electron chi connectivity index (χ0n) is 36.9. The Balaban J connectivity index is 3.70. The van der Waals surface area contributed by atoms with E-state index in [1.54, 1.807) is 0 Å². The number of hydrogen-bond acceptors (Lipinski definition) is 7. The smallest absolute Gasteiger partial charge is 0.463 e. The van der Waals surface area contributed by atoms with E-state index in [9.17, 15) is 24.2 Å². The van der Waals surface area contributed by atoms with Gasteiger partial charge in [0, 0.05) is 19.4 Å². The zero-order chi connectivity index (χ0) is 43.2. The molecule has 59 heavy (non-hydrogen) atoms. The van der Waals surface area contributed by atoms with Crippen LogP contribution in [0.4, 0.5) is 0 Å². The summed E-state index contributed by atoms with van der Waals surface area (Å²) in [6, 6.07) is 0. The third kappa shape index (κ3) is 45.9. The maximum Gasteiger partial charge on any atom is 0.472 e. The number of aliphatic hydroxyl groups is 1. The van der Waals surface area contributed by atoms with Gasteiger partial charge in [-0.2, -0.15) is 0 Å². The van der Waals surface area contributed by atoms with E-state index in [0.717, 1.165) is 109 Å². The molecule has 0 heterocycles. The minimum absolute atomic E-state index is 0.0652. The molecular formula is C49H82NO8P. The Morgan fingerprint density at radius 2 is 0.966 bits per heavy atom. The van der Waals surface area contributed by atoms with Gasteiger partial charge < -0.3 is 20.1 Å². The number of hydrogen-bond donors (Lipinski definition) is 3. The molecule has 1 amide bonds. The van der Waals surface area contributed by atoms with E-state index >= 15 is 0 Å². The Hall–Kier alpha value is -3.07. The largest absolute Gasteiger partial charge is 0.472 e. The number of phosphoric acid groups is 1. The van der Waals surface area contributed by atoms with Crippen LogP contribution >= 0.6 is 7.82 Å². The maximum atomic E-state index is 12.1. The molecule has 0 saturated carbocycles. The van der Waals surface area contributed by atoms with Crippen molar-refractivity contribution in [1.82, 2.24) is 5.32 Å². The molecule has 3 N–H and O–H groups in total. The van der Waals surface area contributed by atoms with Crippen molar-refractivity contribution in [1.29, 1.82) is 0 Å². The molecule has 0 bridgehead atoms. The van der Waals surface area contributed by atoms with E-state index in [4.69, 9.17) is 13.8 Å². The van der Waals surface area contributed by atoms with Gasteiger partial charge >= 0.3 is 13.8 Å². The fraction of sp³-hybridized carbons (Fsp3) is 0.633. The third-order valence-electron chi connectivity index (χ3n) is 9.00. The van der Waals surface area contributed by atoms with Crippen LogP contribution in [0.2, 0.25) is 0 Å². The van der Waals surface area contributed by atoms with Gasteiger partial charge in [0.05, 0.1) is 13.2 Å². The molecule has 0 aromatic rings. The lowest BCUT2D eigenvalue weighted by molar-refractivity contribution is -0.147. The first-order valence-electron chi connectivity index (χ1n) is 22.7. The minimum Gasteiger partial charge on any atom is -0.463 e. The van der Waals surface area contributed by atoms with Gasteiger partial charge in [0.15, 0.2) is 0 Å². The molecule has 0 radical (unpaired) electrons. The number of esters is 1. The molecule has 336 valence electrons. The number of nitrogens with one attached hydrogen (secondary N) is 1. The van der Waals surface area contributed by atoms with E-state index in [2.05, 4.69) is 116 Å². The zero-order valence-corrected chi connectivity index (χ0v) is 37.8. The highest BCUT2D eigenvalue weighted by atomic mass is 31.2. The number of allylic oxidation sites excluding steroid dienone is 16. The average Bonchev–Trinajstić information content (AvgIpc) is 3.22. The number of carbonyl (C=O) groups is 2. The Bertz CT molecular complexity index is 1280. The van der Waals surface area contributed by atoms with E-state index in [1.807, 2.05) is 0 Å². The second-order valence-corrected chi connectivity index (χ2v) is 16.1. The first kappa shape index (κ1) is 55.9. The summed E-state index contributed by atoms with van der Waals surface area (Å²) >= 11 is 0. The Labute approximate surface area is 359 Å². The van der Waals surface area contributed by atoms with E-state index < -0.39 is 26.5 Å². The third-order valence-corrected chi connectivity index (χ3v) is 9.98. The van der Waals surface area contributed by atoms with Crippen LogP contribution in [0.5, 0.6) is 0 Å². The fourth-order valence-electron chi connectivity index (χ4n) is 5.59. The van der Waals surface area contributed by atoms with Crippen LogP contribution in [0.3, 0.4) is 0 Å². The summed E-state index contributed by atoms with van der Waals surface area (Å²) in [5, 5.41) is 12.7. The molecule has 0 saturated heterocycles. The molecular weight excluding hydrogens is 762 g/mol. The van der Waals surface area contributed by atoms with Crippen LogP contribution in [-0.4, -0.2) is 54.3 Å². The lowest BCUT2D eigenvalue weighted by atomic mass is 10.1. The van der Waals surface area contributed by atoms with Crippen molar-refractivity contribution in [3.05, 3.63) is 97.2 Å². The first-order valence-corrected chi connectivity index (χ1v) is 24.2. The number of ether oxygens (including phenoxy) is 1. The van der Waals surface area contributed by atoms with Crippen molar-refractivity contribution in [3.8, 4) is 0 Å². The summed E-state index contributed by atoms with van der Waals surface area (Å²) in [5.74, 6) is -0.564. The van der Waals surface area contributed by atoms with E-state index in [1.165, 1.54) is 25.7 Å². The lowest BCUT2D eigenvalue weighted by Gasteiger charge is -2.15. The molecule has 0 aromatic carbocycles.